The third-order valence-electron chi connectivity index (χ3n) is 3.35. The highest BCUT2D eigenvalue weighted by atomic mass is 16.2. The fraction of sp³-hybridized carbons (Fsp3) is 0.286. The monoisotopic (exact) mass is 226 g/mol. The molecule has 1 aliphatic rings. The van der Waals surface area contributed by atoms with E-state index in [1.165, 1.54) is 0 Å². The first-order valence-corrected chi connectivity index (χ1v) is 5.87. The van der Waals surface area contributed by atoms with Crippen LogP contribution >= 0.6 is 0 Å². The Hall–Kier alpha value is -1.90. The predicted molar refractivity (Wildman–Crippen MR) is 68.0 cm³/mol. The van der Waals surface area contributed by atoms with E-state index >= 15 is 0 Å². The van der Waals surface area contributed by atoms with Crippen LogP contribution < -0.4 is 5.32 Å². The SMILES string of the molecule is CC(C)C1C(=O)Nc2nccc3cccc1c23. The number of hydrogen-bond acceptors (Lipinski definition) is 2. The number of carbonyl (C=O) groups is 1. The average Bonchev–Trinajstić information content (AvgIpc) is 2.28. The van der Waals surface area contributed by atoms with E-state index in [-0.39, 0.29) is 17.7 Å². The van der Waals surface area contributed by atoms with Gasteiger partial charge < -0.3 is 5.32 Å². The normalized spacial score (nSPS) is 18.5. The summed E-state index contributed by atoms with van der Waals surface area (Å²) in [6.45, 7) is 4.15. The molecule has 1 aromatic heterocycles. The lowest BCUT2D eigenvalue weighted by Gasteiger charge is -2.27. The highest BCUT2D eigenvalue weighted by molar-refractivity contribution is 6.10. The molecular weight excluding hydrogens is 212 g/mol. The molecule has 0 spiro atoms. The molecule has 17 heavy (non-hydrogen) atoms. The van der Waals surface area contributed by atoms with E-state index in [1.54, 1.807) is 6.20 Å². The molecule has 2 heterocycles. The lowest BCUT2D eigenvalue weighted by atomic mass is 9.83. The zero-order chi connectivity index (χ0) is 12.0. The van der Waals surface area contributed by atoms with Crippen LogP contribution in [-0.4, -0.2) is 10.9 Å². The van der Waals surface area contributed by atoms with Crippen molar-refractivity contribution in [1.29, 1.82) is 0 Å². The number of amides is 1. The third kappa shape index (κ3) is 1.42. The van der Waals surface area contributed by atoms with E-state index in [0.29, 0.717) is 5.82 Å². The minimum absolute atomic E-state index is 0.0544. The van der Waals surface area contributed by atoms with Crippen LogP contribution in [0.15, 0.2) is 30.5 Å². The smallest absolute Gasteiger partial charge is 0.233 e. The molecule has 0 fully saturated rings. The molecule has 1 aliphatic heterocycles. The van der Waals surface area contributed by atoms with E-state index in [9.17, 15) is 4.79 Å². The van der Waals surface area contributed by atoms with Crippen molar-refractivity contribution in [2.24, 2.45) is 5.92 Å². The minimum Gasteiger partial charge on any atom is -0.310 e. The minimum atomic E-state index is -0.0737. The Bertz CT molecular complexity index is 599. The number of carbonyl (C=O) groups excluding carboxylic acids is 1. The van der Waals surface area contributed by atoms with E-state index in [0.717, 1.165) is 16.3 Å². The number of benzene rings is 1. The van der Waals surface area contributed by atoms with Gasteiger partial charge in [0.25, 0.3) is 0 Å². The van der Waals surface area contributed by atoms with Gasteiger partial charge in [0.2, 0.25) is 5.91 Å². The van der Waals surface area contributed by atoms with Crippen LogP contribution in [-0.2, 0) is 4.79 Å². The molecule has 3 nitrogen and oxygen atoms in total. The Morgan fingerprint density at radius 1 is 1.29 bits per heavy atom. The molecule has 0 radical (unpaired) electrons. The summed E-state index contributed by atoms with van der Waals surface area (Å²) < 4.78 is 0. The summed E-state index contributed by atoms with van der Waals surface area (Å²) in [4.78, 5) is 16.3. The van der Waals surface area contributed by atoms with Gasteiger partial charge in [-0.3, -0.25) is 4.79 Å². The maximum Gasteiger partial charge on any atom is 0.233 e. The number of pyridine rings is 1. The number of anilines is 1. The van der Waals surface area contributed by atoms with Gasteiger partial charge in [0, 0.05) is 11.6 Å². The Balaban J connectivity index is 2.36. The van der Waals surface area contributed by atoms with Crippen molar-refractivity contribution in [3.63, 3.8) is 0 Å². The number of nitrogens with one attached hydrogen (secondary N) is 1. The molecule has 1 atom stereocenters. The van der Waals surface area contributed by atoms with Crippen LogP contribution in [0.25, 0.3) is 10.8 Å². The molecular formula is C14H14N2O. The summed E-state index contributed by atoms with van der Waals surface area (Å²) in [5, 5.41) is 5.13. The first-order valence-electron chi connectivity index (χ1n) is 5.87. The topological polar surface area (TPSA) is 42.0 Å². The third-order valence-corrected chi connectivity index (χ3v) is 3.35. The first-order chi connectivity index (χ1) is 8.18. The lowest BCUT2D eigenvalue weighted by molar-refractivity contribution is -0.118. The molecule has 1 aromatic carbocycles. The number of aromatic nitrogens is 1. The summed E-state index contributed by atoms with van der Waals surface area (Å²) in [7, 11) is 0. The van der Waals surface area contributed by atoms with Crippen LogP contribution in [0.5, 0.6) is 0 Å². The van der Waals surface area contributed by atoms with Gasteiger partial charge in [0.05, 0.1) is 5.92 Å². The zero-order valence-electron chi connectivity index (χ0n) is 9.90. The summed E-state index contributed by atoms with van der Waals surface area (Å²) in [6.07, 6.45) is 1.73. The van der Waals surface area contributed by atoms with Crippen LogP contribution in [0.2, 0.25) is 0 Å². The Morgan fingerprint density at radius 2 is 2.12 bits per heavy atom. The van der Waals surface area contributed by atoms with Gasteiger partial charge in [-0.15, -0.1) is 0 Å². The van der Waals surface area contributed by atoms with E-state index in [2.05, 4.69) is 30.2 Å². The molecule has 1 unspecified atom stereocenters. The largest absolute Gasteiger partial charge is 0.310 e. The molecule has 0 saturated heterocycles. The van der Waals surface area contributed by atoms with Crippen molar-refractivity contribution in [2.45, 2.75) is 19.8 Å². The van der Waals surface area contributed by atoms with Crippen LogP contribution in [0.1, 0.15) is 25.3 Å². The lowest BCUT2D eigenvalue weighted by Crippen LogP contribution is -2.29. The van der Waals surface area contributed by atoms with Crippen LogP contribution in [0, 0.1) is 5.92 Å². The molecule has 3 rings (SSSR count). The quantitative estimate of drug-likeness (QED) is 0.812. The molecule has 86 valence electrons. The van der Waals surface area contributed by atoms with Crippen molar-refractivity contribution in [3.8, 4) is 0 Å². The van der Waals surface area contributed by atoms with Gasteiger partial charge in [-0.2, -0.15) is 0 Å². The second-order valence-corrected chi connectivity index (χ2v) is 4.82. The summed E-state index contributed by atoms with van der Waals surface area (Å²) in [5.74, 6) is 0.961. The van der Waals surface area contributed by atoms with E-state index < -0.39 is 0 Å². The van der Waals surface area contributed by atoms with Gasteiger partial charge in [0.1, 0.15) is 5.82 Å². The first kappa shape index (κ1) is 10.3. The number of nitrogens with zero attached hydrogens (tertiary/aromatic N) is 1. The zero-order valence-corrected chi connectivity index (χ0v) is 9.90. The molecule has 0 saturated carbocycles. The Morgan fingerprint density at radius 3 is 2.88 bits per heavy atom. The van der Waals surface area contributed by atoms with Crippen molar-refractivity contribution >= 4 is 22.5 Å². The molecule has 1 N–H and O–H groups in total. The summed E-state index contributed by atoms with van der Waals surface area (Å²) in [6, 6.07) is 8.09. The van der Waals surface area contributed by atoms with Gasteiger partial charge in [-0.25, -0.2) is 4.98 Å². The molecule has 3 heteroatoms. The van der Waals surface area contributed by atoms with Gasteiger partial charge >= 0.3 is 0 Å². The Labute approximate surface area is 99.9 Å². The molecule has 0 bridgehead atoms. The van der Waals surface area contributed by atoms with Gasteiger partial charge in [0.15, 0.2) is 0 Å². The van der Waals surface area contributed by atoms with E-state index in [1.807, 2.05) is 18.2 Å². The summed E-state index contributed by atoms with van der Waals surface area (Å²) >= 11 is 0. The standard InChI is InChI=1S/C14H14N2O/c1-8(2)11-10-5-3-4-9-6-7-15-13(12(9)10)16-14(11)17/h3-8,11H,1-2H3,(H,15,16,17). The van der Waals surface area contributed by atoms with Crippen LogP contribution in [0.4, 0.5) is 5.82 Å². The van der Waals surface area contributed by atoms with E-state index in [4.69, 9.17) is 0 Å². The van der Waals surface area contributed by atoms with Crippen molar-refractivity contribution in [2.75, 3.05) is 5.32 Å². The number of hydrogen-bond donors (Lipinski definition) is 1. The fourth-order valence-electron chi connectivity index (χ4n) is 2.61. The number of rotatable bonds is 1. The summed E-state index contributed by atoms with van der Waals surface area (Å²) in [5.41, 5.74) is 1.10. The van der Waals surface area contributed by atoms with Crippen LogP contribution in [0.3, 0.4) is 0 Å². The van der Waals surface area contributed by atoms with Crippen molar-refractivity contribution in [1.82, 2.24) is 4.98 Å². The molecule has 2 aromatic rings. The second kappa shape index (κ2) is 3.55. The second-order valence-electron chi connectivity index (χ2n) is 4.82. The van der Waals surface area contributed by atoms with Crippen molar-refractivity contribution in [3.05, 3.63) is 36.0 Å². The average molecular weight is 226 g/mol. The highest BCUT2D eigenvalue weighted by Crippen LogP contribution is 2.38. The predicted octanol–water partition coefficient (Wildman–Crippen LogP) is 2.93. The fourth-order valence-corrected chi connectivity index (χ4v) is 2.61. The van der Waals surface area contributed by atoms with Gasteiger partial charge in [-0.1, -0.05) is 32.0 Å². The van der Waals surface area contributed by atoms with Gasteiger partial charge in [-0.05, 0) is 22.9 Å². The highest BCUT2D eigenvalue weighted by Gasteiger charge is 2.31. The Kier molecular flexibility index (Phi) is 2.15. The van der Waals surface area contributed by atoms with Crippen molar-refractivity contribution < 1.29 is 4.79 Å². The molecule has 1 amide bonds. The maximum absolute atomic E-state index is 12.1. The molecule has 0 aliphatic carbocycles. The maximum atomic E-state index is 12.1.